The molecule has 1 unspecified atom stereocenters. The second-order valence-corrected chi connectivity index (χ2v) is 5.05. The second-order valence-electron chi connectivity index (χ2n) is 5.05. The molecule has 80 valence electrons. The molecule has 1 aliphatic carbocycles. The smallest absolute Gasteiger partial charge is 0.0689 e. The average Bonchev–Trinajstić information content (AvgIpc) is 2.19. The molecule has 0 aliphatic heterocycles. The first-order valence-corrected chi connectivity index (χ1v) is 6.14. The van der Waals surface area contributed by atoms with Crippen molar-refractivity contribution in [3.05, 3.63) is 0 Å². The van der Waals surface area contributed by atoms with Gasteiger partial charge in [0.25, 0.3) is 0 Å². The maximum atomic E-state index is 9.31. The molecule has 1 rings (SSSR count). The van der Waals surface area contributed by atoms with Gasteiger partial charge in [0.2, 0.25) is 0 Å². The largest absolute Gasteiger partial charge is 0.198 e. The lowest BCUT2D eigenvalue weighted by Crippen LogP contribution is -2.24. The fourth-order valence-electron chi connectivity index (χ4n) is 2.85. The Kier molecular flexibility index (Phi) is 4.45. The molecular formula is C13H23N. The standard InChI is InChI=1S/C13H23N/c1-3-7-12(2)10-13(11-14)8-5-4-6-9-13/h12H,3-10H2,1-2H3. The minimum atomic E-state index is 0.0484. The van der Waals surface area contributed by atoms with Crippen molar-refractivity contribution < 1.29 is 0 Å². The fraction of sp³-hybridized carbons (Fsp3) is 0.923. The number of nitrogens with zero attached hydrogens (tertiary/aromatic N) is 1. The zero-order chi connectivity index (χ0) is 10.4. The third-order valence-corrected chi connectivity index (χ3v) is 3.57. The first-order chi connectivity index (χ1) is 6.72. The lowest BCUT2D eigenvalue weighted by Gasteiger charge is -2.32. The molecule has 0 aromatic heterocycles. The van der Waals surface area contributed by atoms with E-state index < -0.39 is 0 Å². The zero-order valence-electron chi connectivity index (χ0n) is 9.68. The van der Waals surface area contributed by atoms with Crippen molar-refractivity contribution in [2.24, 2.45) is 11.3 Å². The normalized spacial score (nSPS) is 22.6. The number of rotatable bonds is 4. The first-order valence-electron chi connectivity index (χ1n) is 6.14. The van der Waals surface area contributed by atoms with Crippen LogP contribution in [0.2, 0.25) is 0 Å². The maximum absolute atomic E-state index is 9.31. The van der Waals surface area contributed by atoms with Gasteiger partial charge in [-0.1, -0.05) is 46.0 Å². The summed E-state index contributed by atoms with van der Waals surface area (Å²) in [6.45, 7) is 4.54. The van der Waals surface area contributed by atoms with Crippen LogP contribution < -0.4 is 0 Å². The van der Waals surface area contributed by atoms with E-state index in [4.69, 9.17) is 0 Å². The lowest BCUT2D eigenvalue weighted by atomic mass is 9.70. The van der Waals surface area contributed by atoms with E-state index in [1.165, 1.54) is 32.1 Å². The topological polar surface area (TPSA) is 23.8 Å². The van der Waals surface area contributed by atoms with E-state index >= 15 is 0 Å². The van der Waals surface area contributed by atoms with Crippen LogP contribution in [0, 0.1) is 22.7 Å². The molecule has 0 aromatic rings. The Morgan fingerprint density at radius 2 is 1.93 bits per heavy atom. The Bertz CT molecular complexity index is 196. The zero-order valence-corrected chi connectivity index (χ0v) is 9.68. The summed E-state index contributed by atoms with van der Waals surface area (Å²) in [5.41, 5.74) is 0.0484. The van der Waals surface area contributed by atoms with Crippen LogP contribution in [0.4, 0.5) is 0 Å². The molecule has 1 fully saturated rings. The Labute approximate surface area is 88.5 Å². The number of hydrogen-bond acceptors (Lipinski definition) is 1. The van der Waals surface area contributed by atoms with E-state index in [-0.39, 0.29) is 5.41 Å². The van der Waals surface area contributed by atoms with Gasteiger partial charge in [-0.15, -0.1) is 0 Å². The minimum Gasteiger partial charge on any atom is -0.198 e. The van der Waals surface area contributed by atoms with E-state index in [1.807, 2.05) is 0 Å². The fourth-order valence-corrected chi connectivity index (χ4v) is 2.85. The summed E-state index contributed by atoms with van der Waals surface area (Å²) < 4.78 is 0. The van der Waals surface area contributed by atoms with E-state index in [1.54, 1.807) is 0 Å². The highest BCUT2D eigenvalue weighted by molar-refractivity contribution is 5.01. The van der Waals surface area contributed by atoms with Gasteiger partial charge >= 0.3 is 0 Å². The SMILES string of the molecule is CCCC(C)CC1(C#N)CCCCC1. The summed E-state index contributed by atoms with van der Waals surface area (Å²) in [5.74, 6) is 0.734. The Morgan fingerprint density at radius 1 is 1.29 bits per heavy atom. The molecule has 1 atom stereocenters. The van der Waals surface area contributed by atoms with E-state index in [0.29, 0.717) is 0 Å². The predicted molar refractivity (Wildman–Crippen MR) is 59.8 cm³/mol. The highest BCUT2D eigenvalue weighted by Gasteiger charge is 2.33. The molecule has 0 radical (unpaired) electrons. The van der Waals surface area contributed by atoms with Crippen molar-refractivity contribution in [1.29, 1.82) is 5.26 Å². The van der Waals surface area contributed by atoms with Crippen LogP contribution in [0.1, 0.15) is 65.2 Å². The first kappa shape index (κ1) is 11.6. The summed E-state index contributed by atoms with van der Waals surface area (Å²) >= 11 is 0. The molecule has 1 saturated carbocycles. The van der Waals surface area contributed by atoms with Crippen molar-refractivity contribution >= 4 is 0 Å². The molecule has 0 bridgehead atoms. The summed E-state index contributed by atoms with van der Waals surface area (Å²) in [6, 6.07) is 2.61. The van der Waals surface area contributed by atoms with Gasteiger partial charge in [0, 0.05) is 0 Å². The minimum absolute atomic E-state index is 0.0484. The third-order valence-electron chi connectivity index (χ3n) is 3.57. The summed E-state index contributed by atoms with van der Waals surface area (Å²) in [6.07, 6.45) is 9.85. The highest BCUT2D eigenvalue weighted by Crippen LogP contribution is 2.41. The van der Waals surface area contributed by atoms with Gasteiger partial charge in [-0.05, 0) is 25.2 Å². The van der Waals surface area contributed by atoms with Crippen LogP contribution in [0.25, 0.3) is 0 Å². The molecule has 0 aromatic carbocycles. The molecule has 0 spiro atoms. The van der Waals surface area contributed by atoms with Crippen molar-refractivity contribution in [2.75, 3.05) is 0 Å². The molecule has 0 heterocycles. The molecule has 14 heavy (non-hydrogen) atoms. The molecule has 0 saturated heterocycles. The van der Waals surface area contributed by atoms with Crippen molar-refractivity contribution in [1.82, 2.24) is 0 Å². The molecule has 0 amide bonds. The van der Waals surface area contributed by atoms with Crippen molar-refractivity contribution in [2.45, 2.75) is 65.2 Å². The predicted octanol–water partition coefficient (Wildman–Crippen LogP) is 4.29. The second kappa shape index (κ2) is 5.39. The monoisotopic (exact) mass is 193 g/mol. The van der Waals surface area contributed by atoms with Crippen LogP contribution in [0.15, 0.2) is 0 Å². The van der Waals surface area contributed by atoms with E-state index in [2.05, 4.69) is 19.9 Å². The van der Waals surface area contributed by atoms with Crippen LogP contribution >= 0.6 is 0 Å². The van der Waals surface area contributed by atoms with Gasteiger partial charge in [-0.25, -0.2) is 0 Å². The van der Waals surface area contributed by atoms with Gasteiger partial charge in [-0.2, -0.15) is 5.26 Å². The quantitative estimate of drug-likeness (QED) is 0.653. The van der Waals surface area contributed by atoms with Crippen molar-refractivity contribution in [3.63, 3.8) is 0 Å². The summed E-state index contributed by atoms with van der Waals surface area (Å²) in [5, 5.41) is 9.31. The molecule has 0 N–H and O–H groups in total. The van der Waals surface area contributed by atoms with E-state index in [9.17, 15) is 5.26 Å². The number of nitriles is 1. The van der Waals surface area contributed by atoms with Crippen LogP contribution in [0.3, 0.4) is 0 Å². The van der Waals surface area contributed by atoms with Gasteiger partial charge in [-0.3, -0.25) is 0 Å². The van der Waals surface area contributed by atoms with Gasteiger partial charge < -0.3 is 0 Å². The maximum Gasteiger partial charge on any atom is 0.0689 e. The molecular weight excluding hydrogens is 170 g/mol. The van der Waals surface area contributed by atoms with Crippen LogP contribution in [-0.4, -0.2) is 0 Å². The van der Waals surface area contributed by atoms with Crippen molar-refractivity contribution in [3.8, 4) is 6.07 Å². The third kappa shape index (κ3) is 3.01. The van der Waals surface area contributed by atoms with Gasteiger partial charge in [0.1, 0.15) is 0 Å². The molecule has 1 nitrogen and oxygen atoms in total. The summed E-state index contributed by atoms with van der Waals surface area (Å²) in [7, 11) is 0. The summed E-state index contributed by atoms with van der Waals surface area (Å²) in [4.78, 5) is 0. The Balaban J connectivity index is 2.48. The highest BCUT2D eigenvalue weighted by atomic mass is 14.4. The average molecular weight is 193 g/mol. The van der Waals surface area contributed by atoms with Gasteiger partial charge in [0.05, 0.1) is 11.5 Å². The van der Waals surface area contributed by atoms with Gasteiger partial charge in [0.15, 0.2) is 0 Å². The van der Waals surface area contributed by atoms with Crippen LogP contribution in [-0.2, 0) is 0 Å². The van der Waals surface area contributed by atoms with Crippen LogP contribution in [0.5, 0.6) is 0 Å². The molecule has 1 heteroatoms. The lowest BCUT2D eigenvalue weighted by molar-refractivity contribution is 0.210. The number of hydrogen-bond donors (Lipinski definition) is 0. The Hall–Kier alpha value is -0.510. The Morgan fingerprint density at radius 3 is 2.43 bits per heavy atom. The van der Waals surface area contributed by atoms with E-state index in [0.717, 1.165) is 25.2 Å². The molecule has 1 aliphatic rings.